The van der Waals surface area contributed by atoms with Crippen LogP contribution in [-0.2, 0) is 35.6 Å². The lowest BCUT2D eigenvalue weighted by atomic mass is 9.99. The molecule has 1 atom stereocenters. The molecule has 1 unspecified atom stereocenters. The van der Waals surface area contributed by atoms with Gasteiger partial charge in [0.05, 0.1) is 6.20 Å². The Kier molecular flexibility index (Phi) is 4.62. The number of nitrogens with one attached hydrogen (secondary N) is 3. The predicted molar refractivity (Wildman–Crippen MR) is 107 cm³/mol. The van der Waals surface area contributed by atoms with E-state index >= 15 is 0 Å². The number of aliphatic hydroxyl groups is 1. The van der Waals surface area contributed by atoms with E-state index in [9.17, 15) is 14.1 Å². The second-order valence-electron chi connectivity index (χ2n) is 7.25. The molecule has 2 aliphatic rings. The zero-order valence-corrected chi connectivity index (χ0v) is 16.4. The Morgan fingerprint density at radius 1 is 1.25 bits per heavy atom. The molecule has 4 rings (SSSR count). The number of hydrogen-bond donors (Lipinski definition) is 4. The number of rotatable bonds is 4. The Labute approximate surface area is 163 Å². The molecule has 0 aliphatic heterocycles. The molecular formula is C19H23N5O3S. The third kappa shape index (κ3) is 3.49. The van der Waals surface area contributed by atoms with Crippen molar-refractivity contribution in [3.63, 3.8) is 0 Å². The molecule has 4 N–H and O–H groups in total. The maximum atomic E-state index is 12.7. The molecular weight excluding hydrogens is 378 g/mol. The van der Waals surface area contributed by atoms with Crippen LogP contribution >= 0.6 is 0 Å². The van der Waals surface area contributed by atoms with Crippen molar-refractivity contribution in [1.29, 1.82) is 4.78 Å². The van der Waals surface area contributed by atoms with Crippen LogP contribution in [0, 0.1) is 4.78 Å². The van der Waals surface area contributed by atoms with Crippen molar-refractivity contribution < 1.29 is 14.1 Å². The van der Waals surface area contributed by atoms with Gasteiger partial charge in [-0.2, -0.15) is 5.10 Å². The summed E-state index contributed by atoms with van der Waals surface area (Å²) >= 11 is 0. The lowest BCUT2D eigenvalue weighted by Crippen LogP contribution is -2.34. The molecule has 0 fully saturated rings. The predicted octanol–water partition coefficient (Wildman–Crippen LogP) is 3.38. The molecule has 0 saturated heterocycles. The quantitative estimate of drug-likeness (QED) is 0.587. The number of aryl methyl sites for hydroxylation is 2. The molecule has 28 heavy (non-hydrogen) atoms. The first-order valence-electron chi connectivity index (χ1n) is 9.30. The minimum atomic E-state index is -3.63. The van der Waals surface area contributed by atoms with Gasteiger partial charge in [-0.25, -0.2) is 23.2 Å². The van der Waals surface area contributed by atoms with E-state index < -0.39 is 15.9 Å². The van der Waals surface area contributed by atoms with Gasteiger partial charge < -0.3 is 10.4 Å². The van der Waals surface area contributed by atoms with Crippen molar-refractivity contribution in [2.24, 2.45) is 0 Å². The summed E-state index contributed by atoms with van der Waals surface area (Å²) in [6, 6.07) is 2.98. The number of carbonyl (C=O) groups is 1. The molecule has 2 aromatic rings. The van der Waals surface area contributed by atoms with Crippen LogP contribution in [0.15, 0.2) is 29.1 Å². The van der Waals surface area contributed by atoms with E-state index in [1.165, 1.54) is 52.3 Å². The average molecular weight is 401 g/mol. The van der Waals surface area contributed by atoms with Crippen LogP contribution in [0.5, 0.6) is 0 Å². The van der Waals surface area contributed by atoms with E-state index in [-0.39, 0.29) is 10.8 Å². The fraction of sp³-hybridized carbons (Fsp3) is 0.368. The standard InChI is InChI=1S/C19H23N5O3S/c1-12(25)11-24-9-8-17(22-24)28(20,27)23-19(26)21-18-15-6-2-4-13(15)10-14-5-3-7-16(14)18/h8-11,25H,2-7H2,1H3,(H3,20,21,23,26,27)/b12-11+. The largest absolute Gasteiger partial charge is 0.511 e. The van der Waals surface area contributed by atoms with E-state index in [4.69, 9.17) is 4.78 Å². The van der Waals surface area contributed by atoms with Gasteiger partial charge in [0.25, 0.3) is 0 Å². The molecule has 1 aromatic carbocycles. The number of nitrogens with zero attached hydrogens (tertiary/aromatic N) is 2. The van der Waals surface area contributed by atoms with Gasteiger partial charge in [0, 0.05) is 11.9 Å². The highest BCUT2D eigenvalue weighted by Gasteiger charge is 2.26. The van der Waals surface area contributed by atoms with Gasteiger partial charge in [-0.05, 0) is 73.8 Å². The molecule has 1 heterocycles. The second kappa shape index (κ2) is 6.97. The second-order valence-corrected chi connectivity index (χ2v) is 8.99. The van der Waals surface area contributed by atoms with E-state index in [0.717, 1.165) is 44.2 Å². The van der Waals surface area contributed by atoms with E-state index in [2.05, 4.69) is 21.2 Å². The number of fused-ring (bicyclic) bond motifs is 2. The Morgan fingerprint density at radius 3 is 2.50 bits per heavy atom. The highest BCUT2D eigenvalue weighted by Crippen LogP contribution is 2.38. The number of amides is 2. The van der Waals surface area contributed by atoms with Crippen molar-refractivity contribution in [2.45, 2.75) is 50.5 Å². The van der Waals surface area contributed by atoms with E-state index in [1.807, 2.05) is 0 Å². The Balaban J connectivity index is 1.55. The van der Waals surface area contributed by atoms with Gasteiger partial charge in [-0.1, -0.05) is 6.07 Å². The molecule has 148 valence electrons. The Hall–Kier alpha value is -2.81. The summed E-state index contributed by atoms with van der Waals surface area (Å²) in [5.41, 5.74) is 5.74. The zero-order chi connectivity index (χ0) is 19.9. The molecule has 8 nitrogen and oxygen atoms in total. The number of carbonyl (C=O) groups excluding carboxylic acids is 1. The minimum absolute atomic E-state index is 0.0172. The number of allylic oxidation sites excluding steroid dienone is 1. The molecule has 9 heteroatoms. The van der Waals surface area contributed by atoms with Gasteiger partial charge >= 0.3 is 6.03 Å². The molecule has 0 radical (unpaired) electrons. The minimum Gasteiger partial charge on any atom is -0.511 e. The zero-order valence-electron chi connectivity index (χ0n) is 15.6. The fourth-order valence-corrected chi connectivity index (χ4v) is 4.90. The van der Waals surface area contributed by atoms with Crippen LogP contribution in [0.2, 0.25) is 0 Å². The molecule has 0 saturated carbocycles. The Morgan fingerprint density at radius 2 is 1.89 bits per heavy atom. The number of benzene rings is 1. The summed E-state index contributed by atoms with van der Waals surface area (Å²) in [6.07, 6.45) is 8.79. The first-order valence-corrected chi connectivity index (χ1v) is 10.9. The van der Waals surface area contributed by atoms with Gasteiger partial charge in [0.1, 0.15) is 5.76 Å². The van der Waals surface area contributed by atoms with Crippen LogP contribution in [0.25, 0.3) is 6.20 Å². The smallest absolute Gasteiger partial charge is 0.332 e. The van der Waals surface area contributed by atoms with Crippen molar-refractivity contribution >= 4 is 27.8 Å². The number of aliphatic hydroxyl groups excluding tert-OH is 1. The van der Waals surface area contributed by atoms with Crippen LogP contribution in [0.4, 0.5) is 10.5 Å². The average Bonchev–Trinajstić information content (AvgIpc) is 3.32. The van der Waals surface area contributed by atoms with Crippen LogP contribution < -0.4 is 10.0 Å². The number of aromatic nitrogens is 2. The summed E-state index contributed by atoms with van der Waals surface area (Å²) in [7, 11) is -3.63. The first kappa shape index (κ1) is 18.5. The monoisotopic (exact) mass is 401 g/mol. The number of anilines is 1. The summed E-state index contributed by atoms with van der Waals surface area (Å²) in [6.45, 7) is 1.47. The lowest BCUT2D eigenvalue weighted by Gasteiger charge is -2.16. The maximum absolute atomic E-state index is 12.7. The van der Waals surface area contributed by atoms with E-state index in [0.29, 0.717) is 0 Å². The maximum Gasteiger partial charge on any atom is 0.332 e. The van der Waals surface area contributed by atoms with Crippen molar-refractivity contribution in [3.8, 4) is 0 Å². The molecule has 2 amide bonds. The molecule has 2 aliphatic carbocycles. The topological polar surface area (TPSA) is 120 Å². The van der Waals surface area contributed by atoms with Crippen LogP contribution in [0.3, 0.4) is 0 Å². The summed E-state index contributed by atoms with van der Waals surface area (Å²) in [5.74, 6) is 0.0172. The molecule has 0 bridgehead atoms. The van der Waals surface area contributed by atoms with Crippen molar-refractivity contribution in [2.75, 3.05) is 5.32 Å². The normalized spacial score (nSPS) is 17.7. The third-order valence-corrected chi connectivity index (χ3v) is 6.43. The van der Waals surface area contributed by atoms with Gasteiger partial charge in [0.2, 0.25) is 0 Å². The van der Waals surface area contributed by atoms with Crippen LogP contribution in [-0.4, -0.2) is 25.1 Å². The number of hydrogen-bond acceptors (Lipinski definition) is 5. The van der Waals surface area contributed by atoms with Crippen molar-refractivity contribution in [1.82, 2.24) is 14.5 Å². The van der Waals surface area contributed by atoms with E-state index in [1.54, 1.807) is 0 Å². The fourth-order valence-electron chi connectivity index (χ4n) is 4.03. The molecule has 0 spiro atoms. The van der Waals surface area contributed by atoms with Crippen molar-refractivity contribution in [3.05, 3.63) is 46.3 Å². The third-order valence-electron chi connectivity index (χ3n) is 5.15. The van der Waals surface area contributed by atoms with Gasteiger partial charge in [0.15, 0.2) is 14.9 Å². The van der Waals surface area contributed by atoms with Gasteiger partial charge in [-0.15, -0.1) is 0 Å². The first-order chi connectivity index (χ1) is 13.3. The highest BCUT2D eigenvalue weighted by molar-refractivity contribution is 7.91. The van der Waals surface area contributed by atoms with Crippen LogP contribution in [0.1, 0.15) is 42.0 Å². The summed E-state index contributed by atoms with van der Waals surface area (Å²) < 4.78 is 24.3. The lowest BCUT2D eigenvalue weighted by molar-refractivity contribution is 0.256. The highest BCUT2D eigenvalue weighted by atomic mass is 32.2. The van der Waals surface area contributed by atoms with Gasteiger partial charge in [-0.3, -0.25) is 0 Å². The summed E-state index contributed by atoms with van der Waals surface area (Å²) in [4.78, 5) is 12.6. The Bertz CT molecular complexity index is 1050. The number of urea groups is 1. The molecule has 1 aromatic heterocycles. The SMILES string of the molecule is C/C(O)=C\n1ccc(S(=N)(=O)NC(=O)Nc2c3c(cc4c2CCC4)CCC3)n1. The summed E-state index contributed by atoms with van der Waals surface area (Å²) in [5, 5.41) is 16.0.